The van der Waals surface area contributed by atoms with Gasteiger partial charge in [0.15, 0.2) is 0 Å². The molecule has 0 saturated heterocycles. The number of esters is 1. The second kappa shape index (κ2) is 7.25. The predicted octanol–water partition coefficient (Wildman–Crippen LogP) is 3.72. The molecule has 116 valence electrons. The van der Waals surface area contributed by atoms with Crippen molar-refractivity contribution in [2.45, 2.75) is 38.6 Å². The van der Waals surface area contributed by atoms with Crippen LogP contribution in [-0.4, -0.2) is 22.1 Å². The number of imidazole rings is 1. The van der Waals surface area contributed by atoms with Crippen LogP contribution in [0.15, 0.2) is 42.7 Å². The van der Waals surface area contributed by atoms with Gasteiger partial charge in [0.1, 0.15) is 0 Å². The van der Waals surface area contributed by atoms with E-state index in [2.05, 4.69) is 27.8 Å². The van der Waals surface area contributed by atoms with Gasteiger partial charge in [-0.15, -0.1) is 0 Å². The van der Waals surface area contributed by atoms with E-state index in [1.165, 1.54) is 6.42 Å². The second-order valence-corrected chi connectivity index (χ2v) is 5.83. The quantitative estimate of drug-likeness (QED) is 0.603. The summed E-state index contributed by atoms with van der Waals surface area (Å²) in [6.45, 7) is 1.32. The Bertz CT molecular complexity index is 660. The summed E-state index contributed by atoms with van der Waals surface area (Å²) in [7, 11) is 0. The fourth-order valence-electron chi connectivity index (χ4n) is 2.88. The summed E-state index contributed by atoms with van der Waals surface area (Å²) in [5.41, 5.74) is 2.11. The van der Waals surface area contributed by atoms with Gasteiger partial charge in [-0.2, -0.15) is 0 Å². The first kappa shape index (κ1) is 14.8. The van der Waals surface area contributed by atoms with E-state index in [-0.39, 0.29) is 5.97 Å². The minimum Gasteiger partial charge on any atom is -0.465 e. The van der Waals surface area contributed by atoms with Crippen molar-refractivity contribution < 1.29 is 9.53 Å². The van der Waals surface area contributed by atoms with Crippen LogP contribution in [0.3, 0.4) is 0 Å². The van der Waals surface area contributed by atoms with Gasteiger partial charge in [0.05, 0.1) is 24.0 Å². The van der Waals surface area contributed by atoms with Crippen LogP contribution in [0.2, 0.25) is 0 Å². The highest BCUT2D eigenvalue weighted by atomic mass is 16.5. The van der Waals surface area contributed by atoms with Gasteiger partial charge in [-0.3, -0.25) is 4.79 Å². The Balaban J connectivity index is 1.41. The van der Waals surface area contributed by atoms with Crippen molar-refractivity contribution in [3.63, 3.8) is 0 Å². The number of allylic oxidation sites excluding steroid dienone is 1. The van der Waals surface area contributed by atoms with Crippen molar-refractivity contribution in [1.29, 1.82) is 0 Å². The number of rotatable bonds is 6. The summed E-state index contributed by atoms with van der Waals surface area (Å²) in [6.07, 6.45) is 10.9. The molecule has 0 fully saturated rings. The van der Waals surface area contributed by atoms with Crippen molar-refractivity contribution in [2.24, 2.45) is 5.92 Å². The number of ether oxygens (including phenoxy) is 1. The van der Waals surface area contributed by atoms with Crippen LogP contribution < -0.4 is 0 Å². The number of aryl methyl sites for hydroxylation is 1. The van der Waals surface area contributed by atoms with Crippen LogP contribution in [-0.2, 0) is 16.1 Å². The number of carbonyl (C=O) groups excluding carboxylic acids is 1. The van der Waals surface area contributed by atoms with E-state index in [1.807, 2.05) is 24.5 Å². The van der Waals surface area contributed by atoms with E-state index in [9.17, 15) is 4.79 Å². The van der Waals surface area contributed by atoms with Crippen molar-refractivity contribution in [3.8, 4) is 0 Å². The van der Waals surface area contributed by atoms with Crippen LogP contribution in [0.25, 0.3) is 11.0 Å². The number of carbonyl (C=O) groups is 1. The Morgan fingerprint density at radius 1 is 1.36 bits per heavy atom. The van der Waals surface area contributed by atoms with Gasteiger partial charge < -0.3 is 9.30 Å². The molecule has 1 unspecified atom stereocenters. The molecule has 0 radical (unpaired) electrons. The zero-order valence-corrected chi connectivity index (χ0v) is 12.8. The monoisotopic (exact) mass is 298 g/mol. The summed E-state index contributed by atoms with van der Waals surface area (Å²) in [6, 6.07) is 8.04. The number of hydrogen-bond acceptors (Lipinski definition) is 3. The lowest BCUT2D eigenvalue weighted by molar-refractivity contribution is -0.144. The minimum absolute atomic E-state index is 0.0941. The first-order chi connectivity index (χ1) is 10.8. The molecule has 1 atom stereocenters. The molecule has 4 nitrogen and oxygen atoms in total. The molecular weight excluding hydrogens is 276 g/mol. The largest absolute Gasteiger partial charge is 0.465 e. The number of benzene rings is 1. The number of aromatic nitrogens is 2. The maximum Gasteiger partial charge on any atom is 0.305 e. The summed E-state index contributed by atoms with van der Waals surface area (Å²) >= 11 is 0. The third kappa shape index (κ3) is 3.75. The zero-order chi connectivity index (χ0) is 15.2. The Morgan fingerprint density at radius 2 is 2.27 bits per heavy atom. The highest BCUT2D eigenvalue weighted by molar-refractivity contribution is 5.75. The predicted molar refractivity (Wildman–Crippen MR) is 86.4 cm³/mol. The molecule has 22 heavy (non-hydrogen) atoms. The molecular formula is C18H22N2O2. The number of fused-ring (bicyclic) bond motifs is 1. The van der Waals surface area contributed by atoms with Gasteiger partial charge in [0.2, 0.25) is 0 Å². The summed E-state index contributed by atoms with van der Waals surface area (Å²) in [4.78, 5) is 16.2. The van der Waals surface area contributed by atoms with Crippen LogP contribution >= 0.6 is 0 Å². The third-order valence-corrected chi connectivity index (χ3v) is 4.12. The van der Waals surface area contributed by atoms with Gasteiger partial charge in [-0.1, -0.05) is 24.3 Å². The lowest BCUT2D eigenvalue weighted by Crippen LogP contribution is -2.14. The van der Waals surface area contributed by atoms with Gasteiger partial charge >= 0.3 is 5.97 Å². The van der Waals surface area contributed by atoms with E-state index in [0.717, 1.165) is 36.8 Å². The maximum atomic E-state index is 11.8. The van der Waals surface area contributed by atoms with E-state index in [0.29, 0.717) is 18.9 Å². The average molecular weight is 298 g/mol. The Hall–Kier alpha value is -2.10. The smallest absolute Gasteiger partial charge is 0.305 e. The standard InChI is InChI=1S/C18H22N2O2/c21-18(22-13-15-7-2-1-3-8-15)11-6-12-20-14-19-16-9-4-5-10-17(16)20/h2,4-5,7,9-10,14-15H,1,3,6,8,11-13H2. The molecule has 0 amide bonds. The molecule has 1 aromatic heterocycles. The first-order valence-corrected chi connectivity index (χ1v) is 8.05. The Labute approximate surface area is 130 Å². The van der Waals surface area contributed by atoms with E-state index in [4.69, 9.17) is 4.74 Å². The summed E-state index contributed by atoms with van der Waals surface area (Å²) < 4.78 is 7.46. The second-order valence-electron chi connectivity index (χ2n) is 5.83. The van der Waals surface area contributed by atoms with Crippen LogP contribution in [0.5, 0.6) is 0 Å². The minimum atomic E-state index is -0.0941. The van der Waals surface area contributed by atoms with Gasteiger partial charge in [0.25, 0.3) is 0 Å². The van der Waals surface area contributed by atoms with Crippen LogP contribution in [0.1, 0.15) is 32.1 Å². The summed E-state index contributed by atoms with van der Waals surface area (Å²) in [5, 5.41) is 0. The fourth-order valence-corrected chi connectivity index (χ4v) is 2.88. The van der Waals surface area contributed by atoms with Gasteiger partial charge in [-0.25, -0.2) is 4.98 Å². The lowest BCUT2D eigenvalue weighted by atomic mass is 9.97. The molecule has 0 aliphatic heterocycles. The first-order valence-electron chi connectivity index (χ1n) is 8.05. The Kier molecular flexibility index (Phi) is 4.88. The third-order valence-electron chi connectivity index (χ3n) is 4.12. The van der Waals surface area contributed by atoms with Crippen molar-refractivity contribution >= 4 is 17.0 Å². The van der Waals surface area contributed by atoms with E-state index in [1.54, 1.807) is 0 Å². The molecule has 3 rings (SSSR count). The molecule has 1 aromatic carbocycles. The molecule has 0 bridgehead atoms. The molecule has 4 heteroatoms. The molecule has 2 aromatic rings. The van der Waals surface area contributed by atoms with Crippen LogP contribution in [0, 0.1) is 5.92 Å². The number of hydrogen-bond donors (Lipinski definition) is 0. The normalized spacial score (nSPS) is 17.7. The topological polar surface area (TPSA) is 44.1 Å². The van der Waals surface area contributed by atoms with Gasteiger partial charge in [0, 0.05) is 18.9 Å². The van der Waals surface area contributed by atoms with Gasteiger partial charge in [-0.05, 0) is 37.8 Å². The molecule has 0 N–H and O–H groups in total. The van der Waals surface area contributed by atoms with Crippen LogP contribution in [0.4, 0.5) is 0 Å². The molecule has 0 spiro atoms. The fraction of sp³-hybridized carbons (Fsp3) is 0.444. The maximum absolute atomic E-state index is 11.8. The number of nitrogens with zero attached hydrogens (tertiary/aromatic N) is 2. The van der Waals surface area contributed by atoms with Crippen molar-refractivity contribution in [3.05, 3.63) is 42.7 Å². The number of para-hydroxylation sites is 2. The molecule has 0 saturated carbocycles. The molecule has 1 aliphatic carbocycles. The Morgan fingerprint density at radius 3 is 3.14 bits per heavy atom. The van der Waals surface area contributed by atoms with Crippen molar-refractivity contribution in [2.75, 3.05) is 6.61 Å². The van der Waals surface area contributed by atoms with Crippen molar-refractivity contribution in [1.82, 2.24) is 9.55 Å². The lowest BCUT2D eigenvalue weighted by Gasteiger charge is -2.16. The molecule has 1 heterocycles. The SMILES string of the molecule is O=C(CCCn1cnc2ccccc21)OCC1C=CCCC1. The highest BCUT2D eigenvalue weighted by Crippen LogP contribution is 2.17. The average Bonchev–Trinajstić information content (AvgIpc) is 2.97. The molecule has 1 aliphatic rings. The highest BCUT2D eigenvalue weighted by Gasteiger charge is 2.11. The van der Waals surface area contributed by atoms with E-state index >= 15 is 0 Å². The summed E-state index contributed by atoms with van der Waals surface area (Å²) in [5.74, 6) is 0.318. The zero-order valence-electron chi connectivity index (χ0n) is 12.8. The van der Waals surface area contributed by atoms with E-state index < -0.39 is 0 Å².